The molecule has 5 aromatic rings. The van der Waals surface area contributed by atoms with Gasteiger partial charge in [0, 0.05) is 25.9 Å². The van der Waals surface area contributed by atoms with Crippen LogP contribution in [0.5, 0.6) is 0 Å². The Morgan fingerprint density at radius 2 is 0.946 bits per heavy atom. The van der Waals surface area contributed by atoms with Gasteiger partial charge in [0.1, 0.15) is 5.60 Å². The Hall–Kier alpha value is -3.18. The Bertz CT molecular complexity index is 1400. The van der Waals surface area contributed by atoms with Crippen molar-refractivity contribution >= 4 is 48.9 Å². The summed E-state index contributed by atoms with van der Waals surface area (Å²) in [5, 5.41) is 12.8. The van der Waals surface area contributed by atoms with Gasteiger partial charge in [-0.25, -0.2) is 0 Å². The summed E-state index contributed by atoms with van der Waals surface area (Å²) < 4.78 is 1.92. The number of halogens is 2. The van der Waals surface area contributed by atoms with Gasteiger partial charge in [-0.1, -0.05) is 110 Å². The van der Waals surface area contributed by atoms with Gasteiger partial charge >= 0.3 is 0 Å². The molecule has 0 amide bonds. The standard InChI is InChI=1S/C33H27Br2NO/c1-23-7-19-29(20-8-23)36(30-21-9-24(2)10-22-30)32-6-4-3-5-31(32)33(37,25-11-15-27(34)16-12-25)26-13-17-28(35)18-14-26/h3-22,37H,1-2H3. The fourth-order valence-corrected chi connectivity index (χ4v) is 5.18. The fraction of sp³-hybridized carbons (Fsp3) is 0.0909. The highest BCUT2D eigenvalue weighted by Gasteiger charge is 2.37. The maximum Gasteiger partial charge on any atom is 0.142 e. The quantitative estimate of drug-likeness (QED) is 0.193. The first-order valence-electron chi connectivity index (χ1n) is 12.1. The molecule has 0 aliphatic rings. The van der Waals surface area contributed by atoms with Crippen LogP contribution in [-0.2, 0) is 5.60 Å². The zero-order valence-electron chi connectivity index (χ0n) is 20.7. The molecular weight excluding hydrogens is 586 g/mol. The second-order valence-electron chi connectivity index (χ2n) is 9.25. The highest BCUT2D eigenvalue weighted by Crippen LogP contribution is 2.45. The van der Waals surface area contributed by atoms with E-state index in [4.69, 9.17) is 0 Å². The number of benzene rings is 5. The summed E-state index contributed by atoms with van der Waals surface area (Å²) >= 11 is 7.10. The van der Waals surface area contributed by atoms with Crippen molar-refractivity contribution in [3.05, 3.63) is 158 Å². The van der Waals surface area contributed by atoms with Crippen molar-refractivity contribution < 1.29 is 5.11 Å². The number of hydrogen-bond donors (Lipinski definition) is 1. The molecular formula is C33H27Br2NO. The largest absolute Gasteiger partial charge is 0.376 e. The number of aryl methyl sites for hydroxylation is 2. The normalized spacial score (nSPS) is 11.4. The first kappa shape index (κ1) is 25.5. The van der Waals surface area contributed by atoms with E-state index in [-0.39, 0.29) is 0 Å². The van der Waals surface area contributed by atoms with Crippen LogP contribution in [0.15, 0.2) is 130 Å². The van der Waals surface area contributed by atoms with Crippen molar-refractivity contribution in [1.82, 2.24) is 0 Å². The van der Waals surface area contributed by atoms with Crippen LogP contribution in [0.4, 0.5) is 17.1 Å². The van der Waals surface area contributed by atoms with Crippen LogP contribution >= 0.6 is 31.9 Å². The molecule has 0 saturated carbocycles. The van der Waals surface area contributed by atoms with Gasteiger partial charge in [-0.15, -0.1) is 0 Å². The lowest BCUT2D eigenvalue weighted by Gasteiger charge is -2.36. The van der Waals surface area contributed by atoms with Crippen molar-refractivity contribution in [2.24, 2.45) is 0 Å². The van der Waals surface area contributed by atoms with Crippen molar-refractivity contribution in [2.75, 3.05) is 4.90 Å². The molecule has 184 valence electrons. The molecule has 0 aliphatic heterocycles. The molecule has 1 N–H and O–H groups in total. The highest BCUT2D eigenvalue weighted by atomic mass is 79.9. The SMILES string of the molecule is Cc1ccc(N(c2ccc(C)cc2)c2ccccc2C(O)(c2ccc(Br)cc2)c2ccc(Br)cc2)cc1. The lowest BCUT2D eigenvalue weighted by molar-refractivity contribution is 0.126. The minimum absolute atomic E-state index is 0.790. The van der Waals surface area contributed by atoms with E-state index in [0.29, 0.717) is 0 Å². The van der Waals surface area contributed by atoms with Crippen LogP contribution in [0.1, 0.15) is 27.8 Å². The average Bonchev–Trinajstić information content (AvgIpc) is 2.92. The van der Waals surface area contributed by atoms with Gasteiger partial charge in [0.15, 0.2) is 0 Å². The molecule has 0 atom stereocenters. The number of para-hydroxylation sites is 1. The van der Waals surface area contributed by atoms with Crippen molar-refractivity contribution in [3.63, 3.8) is 0 Å². The van der Waals surface area contributed by atoms with Crippen LogP contribution in [0.2, 0.25) is 0 Å². The third-order valence-electron chi connectivity index (χ3n) is 6.64. The van der Waals surface area contributed by atoms with E-state index >= 15 is 0 Å². The molecule has 5 rings (SSSR count). The molecule has 0 bridgehead atoms. The van der Waals surface area contributed by atoms with Crippen molar-refractivity contribution in [1.29, 1.82) is 0 Å². The second kappa shape index (κ2) is 10.7. The molecule has 0 aromatic heterocycles. The van der Waals surface area contributed by atoms with Gasteiger partial charge in [-0.05, 0) is 79.6 Å². The number of hydrogen-bond acceptors (Lipinski definition) is 2. The molecule has 5 aromatic carbocycles. The van der Waals surface area contributed by atoms with Crippen LogP contribution in [0.25, 0.3) is 0 Å². The highest BCUT2D eigenvalue weighted by molar-refractivity contribution is 9.10. The number of rotatable bonds is 6. The Balaban J connectivity index is 1.79. The van der Waals surface area contributed by atoms with Crippen LogP contribution in [0.3, 0.4) is 0 Å². The molecule has 4 heteroatoms. The topological polar surface area (TPSA) is 23.5 Å². The molecule has 0 aliphatic carbocycles. The monoisotopic (exact) mass is 611 g/mol. The third-order valence-corrected chi connectivity index (χ3v) is 7.70. The molecule has 2 nitrogen and oxygen atoms in total. The predicted octanol–water partition coefficient (Wildman–Crippen LogP) is 9.58. The van der Waals surface area contributed by atoms with E-state index in [1.165, 1.54) is 11.1 Å². The zero-order chi connectivity index (χ0) is 26.0. The number of nitrogens with zero attached hydrogens (tertiary/aromatic N) is 1. The van der Waals surface area contributed by atoms with Gasteiger partial charge in [-0.3, -0.25) is 0 Å². The summed E-state index contributed by atoms with van der Waals surface area (Å²) in [5.74, 6) is 0. The zero-order valence-corrected chi connectivity index (χ0v) is 23.9. The summed E-state index contributed by atoms with van der Waals surface area (Å²) in [5.41, 5.74) is 6.32. The van der Waals surface area contributed by atoms with Gasteiger partial charge in [0.25, 0.3) is 0 Å². The fourth-order valence-electron chi connectivity index (χ4n) is 4.65. The lowest BCUT2D eigenvalue weighted by Crippen LogP contribution is -2.31. The van der Waals surface area contributed by atoms with E-state index < -0.39 is 5.60 Å². The van der Waals surface area contributed by atoms with Crippen molar-refractivity contribution in [2.45, 2.75) is 19.4 Å². The van der Waals surface area contributed by atoms with Gasteiger partial charge < -0.3 is 10.0 Å². The Kier molecular flexibility index (Phi) is 7.34. The molecule has 0 fully saturated rings. The summed E-state index contributed by atoms with van der Waals surface area (Å²) in [6.07, 6.45) is 0. The summed E-state index contributed by atoms with van der Waals surface area (Å²) in [4.78, 5) is 2.22. The van der Waals surface area contributed by atoms with E-state index in [1.807, 2.05) is 66.7 Å². The Morgan fingerprint density at radius 1 is 0.541 bits per heavy atom. The predicted molar refractivity (Wildman–Crippen MR) is 161 cm³/mol. The van der Waals surface area contributed by atoms with E-state index in [1.54, 1.807) is 0 Å². The molecule has 0 saturated heterocycles. The summed E-state index contributed by atoms with van der Waals surface area (Å²) in [6, 6.07) is 40.9. The molecule has 0 spiro atoms. The number of anilines is 3. The maximum absolute atomic E-state index is 12.8. The van der Waals surface area contributed by atoms with Gasteiger partial charge in [0.05, 0.1) is 5.69 Å². The minimum Gasteiger partial charge on any atom is -0.376 e. The van der Waals surface area contributed by atoms with Crippen molar-refractivity contribution in [3.8, 4) is 0 Å². The second-order valence-corrected chi connectivity index (χ2v) is 11.1. The average molecular weight is 613 g/mol. The van der Waals surface area contributed by atoms with Crippen LogP contribution < -0.4 is 4.90 Å². The van der Waals surface area contributed by atoms with Gasteiger partial charge in [-0.2, -0.15) is 0 Å². The van der Waals surface area contributed by atoms with Gasteiger partial charge in [0.2, 0.25) is 0 Å². The Morgan fingerprint density at radius 3 is 1.38 bits per heavy atom. The van der Waals surface area contributed by atoms with E-state index in [2.05, 4.69) is 105 Å². The minimum atomic E-state index is -1.40. The van der Waals surface area contributed by atoms with E-state index in [9.17, 15) is 5.11 Å². The third kappa shape index (κ3) is 5.15. The molecule has 37 heavy (non-hydrogen) atoms. The lowest BCUT2D eigenvalue weighted by atomic mass is 9.79. The number of aliphatic hydroxyl groups is 1. The van der Waals surface area contributed by atoms with Crippen LogP contribution in [-0.4, -0.2) is 5.11 Å². The molecule has 0 heterocycles. The smallest absolute Gasteiger partial charge is 0.142 e. The maximum atomic E-state index is 12.8. The summed E-state index contributed by atoms with van der Waals surface area (Å²) in [7, 11) is 0. The molecule has 0 unspecified atom stereocenters. The first-order valence-corrected chi connectivity index (χ1v) is 13.7. The first-order chi connectivity index (χ1) is 17.9. The summed E-state index contributed by atoms with van der Waals surface area (Å²) in [6.45, 7) is 4.18. The molecule has 0 radical (unpaired) electrons. The van der Waals surface area contributed by atoms with Crippen LogP contribution in [0, 0.1) is 13.8 Å². The van der Waals surface area contributed by atoms with E-state index in [0.717, 1.165) is 42.7 Å². The Labute approximate surface area is 235 Å².